The number of fused-ring (bicyclic) bond motifs is 6. The highest BCUT2D eigenvalue weighted by atomic mass is 15.1. The molecule has 2 aliphatic heterocycles. The van der Waals surface area contributed by atoms with Crippen LogP contribution in [0, 0.1) is 0 Å². The quantitative estimate of drug-likeness (QED) is 0.274. The third kappa shape index (κ3) is 3.31. The van der Waals surface area contributed by atoms with Crippen LogP contribution in [0.15, 0.2) is 96.4 Å². The number of hydrogen-bond donors (Lipinski definition) is 1. The SMILES string of the molecule is CC1CC=Nc2c3c(n(-c4ccc(-c5ccc(-n6c7cccnc7c7cccnc76)cc5)cc4)c21)CNC=C3. The van der Waals surface area contributed by atoms with Crippen LogP contribution in [0.1, 0.15) is 36.2 Å². The summed E-state index contributed by atoms with van der Waals surface area (Å²) < 4.78 is 4.60. The first-order chi connectivity index (χ1) is 19.3. The van der Waals surface area contributed by atoms with E-state index in [0.29, 0.717) is 5.92 Å². The van der Waals surface area contributed by atoms with Gasteiger partial charge in [0.2, 0.25) is 0 Å². The first-order valence-electron chi connectivity index (χ1n) is 13.4. The van der Waals surface area contributed by atoms with Gasteiger partial charge in [-0.15, -0.1) is 0 Å². The summed E-state index contributed by atoms with van der Waals surface area (Å²) in [6, 6.07) is 25.7. The molecule has 0 saturated carbocycles. The Bertz CT molecular complexity index is 1880. The fraction of sp³-hybridized carbons (Fsp3) is 0.121. The van der Waals surface area contributed by atoms with Crippen molar-refractivity contribution < 1.29 is 0 Å². The molecule has 1 atom stereocenters. The molecule has 6 heteroatoms. The second-order valence-corrected chi connectivity index (χ2v) is 10.3. The van der Waals surface area contributed by atoms with Crippen LogP contribution >= 0.6 is 0 Å². The Labute approximate surface area is 226 Å². The molecule has 0 spiro atoms. The van der Waals surface area contributed by atoms with Crippen molar-refractivity contribution in [3.63, 3.8) is 0 Å². The summed E-state index contributed by atoms with van der Waals surface area (Å²) >= 11 is 0. The van der Waals surface area contributed by atoms with Gasteiger partial charge in [-0.2, -0.15) is 0 Å². The average Bonchev–Trinajstić information content (AvgIpc) is 3.52. The van der Waals surface area contributed by atoms with E-state index in [4.69, 9.17) is 4.99 Å². The minimum absolute atomic E-state index is 0.425. The van der Waals surface area contributed by atoms with Gasteiger partial charge < -0.3 is 9.88 Å². The average molecular weight is 507 g/mol. The zero-order valence-corrected chi connectivity index (χ0v) is 21.5. The molecule has 188 valence electrons. The summed E-state index contributed by atoms with van der Waals surface area (Å²) in [6.45, 7) is 3.10. The third-order valence-electron chi connectivity index (χ3n) is 7.97. The largest absolute Gasteiger partial charge is 0.385 e. The summed E-state index contributed by atoms with van der Waals surface area (Å²) in [4.78, 5) is 14.1. The molecule has 0 saturated heterocycles. The van der Waals surface area contributed by atoms with Gasteiger partial charge in [0.1, 0.15) is 5.65 Å². The number of aromatic nitrogens is 4. The molecular weight excluding hydrogens is 480 g/mol. The second-order valence-electron chi connectivity index (χ2n) is 10.3. The van der Waals surface area contributed by atoms with E-state index in [9.17, 15) is 0 Å². The van der Waals surface area contributed by atoms with Crippen molar-refractivity contribution in [2.45, 2.75) is 25.8 Å². The van der Waals surface area contributed by atoms with Crippen molar-refractivity contribution in [3.05, 3.63) is 108 Å². The van der Waals surface area contributed by atoms with E-state index in [1.165, 1.54) is 33.8 Å². The van der Waals surface area contributed by atoms with E-state index in [0.717, 1.165) is 46.4 Å². The normalized spacial score (nSPS) is 15.9. The third-order valence-corrected chi connectivity index (χ3v) is 7.97. The number of aliphatic imine (C=N–C) groups is 1. The van der Waals surface area contributed by atoms with E-state index in [1.54, 1.807) is 0 Å². The Kier molecular flexibility index (Phi) is 4.82. The van der Waals surface area contributed by atoms with Crippen molar-refractivity contribution >= 4 is 40.0 Å². The van der Waals surface area contributed by atoms with Gasteiger partial charge in [-0.05, 0) is 78.4 Å². The van der Waals surface area contributed by atoms with Crippen LogP contribution < -0.4 is 5.32 Å². The molecule has 4 aromatic heterocycles. The maximum Gasteiger partial charge on any atom is 0.147 e. The first kappa shape index (κ1) is 22.1. The molecule has 0 fully saturated rings. The van der Waals surface area contributed by atoms with Crippen molar-refractivity contribution in [3.8, 4) is 22.5 Å². The van der Waals surface area contributed by atoms with Gasteiger partial charge in [0.25, 0.3) is 0 Å². The highest BCUT2D eigenvalue weighted by Gasteiger charge is 2.28. The molecular formula is C33H26N6. The van der Waals surface area contributed by atoms with E-state index in [2.05, 4.69) is 104 Å². The van der Waals surface area contributed by atoms with Crippen LogP contribution in [0.4, 0.5) is 5.69 Å². The molecule has 6 heterocycles. The molecule has 6 aromatic rings. The second kappa shape index (κ2) is 8.53. The van der Waals surface area contributed by atoms with E-state index < -0.39 is 0 Å². The number of nitrogens with one attached hydrogen (secondary N) is 1. The van der Waals surface area contributed by atoms with Gasteiger partial charge in [-0.1, -0.05) is 31.2 Å². The van der Waals surface area contributed by atoms with Gasteiger partial charge in [0.15, 0.2) is 0 Å². The van der Waals surface area contributed by atoms with Crippen LogP contribution in [0.2, 0.25) is 0 Å². The van der Waals surface area contributed by atoms with E-state index >= 15 is 0 Å². The lowest BCUT2D eigenvalue weighted by molar-refractivity contribution is 0.711. The van der Waals surface area contributed by atoms with Crippen LogP contribution in [0.5, 0.6) is 0 Å². The summed E-state index contributed by atoms with van der Waals surface area (Å²) in [6.07, 6.45) is 10.9. The molecule has 2 aliphatic rings. The van der Waals surface area contributed by atoms with E-state index in [1.807, 2.05) is 30.7 Å². The fourth-order valence-corrected chi connectivity index (χ4v) is 6.12. The zero-order chi connectivity index (χ0) is 25.9. The first-order valence-corrected chi connectivity index (χ1v) is 13.4. The Morgan fingerprint density at radius 3 is 2.33 bits per heavy atom. The summed E-state index contributed by atoms with van der Waals surface area (Å²) in [7, 11) is 0. The smallest absolute Gasteiger partial charge is 0.147 e. The molecule has 6 nitrogen and oxygen atoms in total. The maximum atomic E-state index is 4.80. The van der Waals surface area contributed by atoms with Gasteiger partial charge in [-0.25, -0.2) is 4.98 Å². The van der Waals surface area contributed by atoms with Gasteiger partial charge in [0.05, 0.1) is 34.7 Å². The van der Waals surface area contributed by atoms with Gasteiger partial charge in [0, 0.05) is 46.9 Å². The fourth-order valence-electron chi connectivity index (χ4n) is 6.12. The van der Waals surface area contributed by atoms with E-state index in [-0.39, 0.29) is 0 Å². The van der Waals surface area contributed by atoms with Crippen LogP contribution in [-0.2, 0) is 6.54 Å². The Morgan fingerprint density at radius 2 is 1.54 bits per heavy atom. The lowest BCUT2D eigenvalue weighted by atomic mass is 9.99. The van der Waals surface area contributed by atoms with Crippen LogP contribution in [0.3, 0.4) is 0 Å². The zero-order valence-electron chi connectivity index (χ0n) is 21.5. The number of pyridine rings is 2. The van der Waals surface area contributed by atoms with Crippen molar-refractivity contribution in [1.29, 1.82) is 0 Å². The number of rotatable bonds is 3. The topological polar surface area (TPSA) is 60.0 Å². The van der Waals surface area contributed by atoms with Crippen LogP contribution in [0.25, 0.3) is 50.6 Å². The summed E-state index contributed by atoms with van der Waals surface area (Å²) in [5.74, 6) is 0.425. The highest BCUT2D eigenvalue weighted by molar-refractivity contribution is 6.05. The van der Waals surface area contributed by atoms with Crippen molar-refractivity contribution in [2.24, 2.45) is 4.99 Å². The molecule has 2 aromatic carbocycles. The highest BCUT2D eigenvalue weighted by Crippen LogP contribution is 2.43. The van der Waals surface area contributed by atoms with Crippen LogP contribution in [-0.4, -0.2) is 25.3 Å². The molecule has 0 radical (unpaired) electrons. The molecule has 0 aliphatic carbocycles. The molecule has 39 heavy (non-hydrogen) atoms. The maximum absolute atomic E-state index is 4.80. The number of hydrogen-bond acceptors (Lipinski definition) is 4. The Hall–Kier alpha value is -4.97. The molecule has 0 bridgehead atoms. The lowest BCUT2D eigenvalue weighted by Gasteiger charge is -2.20. The Morgan fingerprint density at radius 1 is 0.821 bits per heavy atom. The minimum atomic E-state index is 0.425. The summed E-state index contributed by atoms with van der Waals surface area (Å²) in [5.41, 5.74) is 12.5. The van der Waals surface area contributed by atoms with Gasteiger partial charge in [-0.3, -0.25) is 14.5 Å². The van der Waals surface area contributed by atoms with Crippen molar-refractivity contribution in [2.75, 3.05) is 0 Å². The number of benzene rings is 2. The molecule has 8 rings (SSSR count). The molecule has 1 N–H and O–H groups in total. The van der Waals surface area contributed by atoms with Gasteiger partial charge >= 0.3 is 0 Å². The Balaban J connectivity index is 1.17. The number of nitrogens with zero attached hydrogens (tertiary/aromatic N) is 5. The predicted molar refractivity (Wildman–Crippen MR) is 158 cm³/mol. The van der Waals surface area contributed by atoms with Crippen molar-refractivity contribution in [1.82, 2.24) is 24.4 Å². The minimum Gasteiger partial charge on any atom is -0.385 e. The molecule has 1 unspecified atom stereocenters. The summed E-state index contributed by atoms with van der Waals surface area (Å²) in [5, 5.41) is 4.45. The monoisotopic (exact) mass is 506 g/mol. The lowest BCUT2D eigenvalue weighted by Crippen LogP contribution is -2.15. The molecule has 0 amide bonds. The standard InChI is InChI=1S/C33H26N6/c1-21-14-19-36-31-26-15-18-34-20-29(26)38(32(21)31)24-10-6-22(7-11-24)23-8-12-25(13-9-23)39-28-5-3-16-35-30(28)27-4-2-17-37-33(27)39/h2-13,15-19,21,34H,14,20H2,1H3. The predicted octanol–water partition coefficient (Wildman–Crippen LogP) is 7.31.